The fourth-order valence-electron chi connectivity index (χ4n) is 2.51. The Hall–Kier alpha value is -1.94. The third-order valence-corrected chi connectivity index (χ3v) is 3.64. The molecule has 0 amide bonds. The average Bonchev–Trinajstić information content (AvgIpc) is 2.86. The molecule has 2 N–H and O–H groups in total. The predicted octanol–water partition coefficient (Wildman–Crippen LogP) is 4.12. The lowest BCUT2D eigenvalue weighted by atomic mass is 10.1. The highest BCUT2D eigenvalue weighted by Gasteiger charge is 2.11. The number of nitrogens with one attached hydrogen (secondary N) is 2. The zero-order valence-corrected chi connectivity index (χ0v) is 11.8. The van der Waals surface area contributed by atoms with Crippen molar-refractivity contribution in [2.24, 2.45) is 0 Å². The Bertz CT molecular complexity index is 655. The zero-order chi connectivity index (χ0) is 13.9. The van der Waals surface area contributed by atoms with Crippen molar-refractivity contribution in [3.8, 4) is 0 Å². The number of fused-ring (bicyclic) bond motifs is 1. The lowest BCUT2D eigenvalue weighted by Gasteiger charge is -2.11. The summed E-state index contributed by atoms with van der Waals surface area (Å²) in [5.41, 5.74) is 4.44. The zero-order valence-electron chi connectivity index (χ0n) is 10.9. The Balaban J connectivity index is 1.67. The van der Waals surface area contributed by atoms with E-state index in [1.807, 2.05) is 6.07 Å². The van der Waals surface area contributed by atoms with Gasteiger partial charge in [0.1, 0.15) is 5.82 Å². The molecule has 0 aliphatic heterocycles. The topological polar surface area (TPSA) is 24.1 Å². The first kappa shape index (κ1) is 13.1. The quantitative estimate of drug-likeness (QED) is 0.812. The molecule has 0 atom stereocenters. The van der Waals surface area contributed by atoms with Gasteiger partial charge in [-0.05, 0) is 72.9 Å². The van der Waals surface area contributed by atoms with Crippen LogP contribution in [0.1, 0.15) is 17.5 Å². The van der Waals surface area contributed by atoms with Crippen LogP contribution in [0.5, 0.6) is 0 Å². The van der Waals surface area contributed by atoms with E-state index in [4.69, 9.17) is 12.2 Å². The average molecular weight is 286 g/mol. The van der Waals surface area contributed by atoms with Gasteiger partial charge in [0.25, 0.3) is 0 Å². The van der Waals surface area contributed by atoms with Gasteiger partial charge in [-0.15, -0.1) is 0 Å². The molecule has 0 unspecified atom stereocenters. The van der Waals surface area contributed by atoms with E-state index in [9.17, 15) is 4.39 Å². The van der Waals surface area contributed by atoms with Crippen molar-refractivity contribution in [1.29, 1.82) is 0 Å². The maximum atomic E-state index is 13.1. The molecule has 102 valence electrons. The SMILES string of the molecule is Fc1cccc(NC(=S)Nc2ccc3c(c2)CCC3)c1. The van der Waals surface area contributed by atoms with Crippen LogP contribution in [0.2, 0.25) is 0 Å². The van der Waals surface area contributed by atoms with Gasteiger partial charge in [0.15, 0.2) is 5.11 Å². The normalized spacial score (nSPS) is 12.8. The molecule has 2 aromatic carbocycles. The molecule has 0 spiro atoms. The van der Waals surface area contributed by atoms with Gasteiger partial charge in [-0.3, -0.25) is 0 Å². The molecular weight excluding hydrogens is 271 g/mol. The molecule has 20 heavy (non-hydrogen) atoms. The molecule has 0 aromatic heterocycles. The third-order valence-electron chi connectivity index (χ3n) is 3.44. The summed E-state index contributed by atoms with van der Waals surface area (Å²) in [6.07, 6.45) is 3.53. The molecule has 0 saturated carbocycles. The maximum Gasteiger partial charge on any atom is 0.175 e. The van der Waals surface area contributed by atoms with Gasteiger partial charge >= 0.3 is 0 Å². The van der Waals surface area contributed by atoms with E-state index in [1.165, 1.54) is 36.1 Å². The van der Waals surface area contributed by atoms with Crippen LogP contribution < -0.4 is 10.6 Å². The van der Waals surface area contributed by atoms with Crippen molar-refractivity contribution in [1.82, 2.24) is 0 Å². The van der Waals surface area contributed by atoms with Gasteiger partial charge in [0.2, 0.25) is 0 Å². The Kier molecular flexibility index (Phi) is 3.65. The maximum absolute atomic E-state index is 13.1. The van der Waals surface area contributed by atoms with E-state index in [1.54, 1.807) is 12.1 Å². The van der Waals surface area contributed by atoms with Crippen molar-refractivity contribution >= 4 is 28.7 Å². The first-order chi connectivity index (χ1) is 9.70. The first-order valence-electron chi connectivity index (χ1n) is 6.66. The fraction of sp³-hybridized carbons (Fsp3) is 0.188. The van der Waals surface area contributed by atoms with Crippen LogP contribution in [0, 0.1) is 5.82 Å². The van der Waals surface area contributed by atoms with Gasteiger partial charge in [0, 0.05) is 11.4 Å². The third kappa shape index (κ3) is 2.96. The van der Waals surface area contributed by atoms with Crippen LogP contribution in [-0.2, 0) is 12.8 Å². The number of rotatable bonds is 2. The van der Waals surface area contributed by atoms with Gasteiger partial charge < -0.3 is 10.6 Å². The van der Waals surface area contributed by atoms with Crippen molar-refractivity contribution < 1.29 is 4.39 Å². The second-order valence-electron chi connectivity index (χ2n) is 4.93. The van der Waals surface area contributed by atoms with E-state index in [0.29, 0.717) is 10.8 Å². The molecule has 0 saturated heterocycles. The molecule has 0 radical (unpaired) electrons. The van der Waals surface area contributed by atoms with Crippen LogP contribution in [0.15, 0.2) is 42.5 Å². The lowest BCUT2D eigenvalue weighted by Crippen LogP contribution is -2.19. The van der Waals surface area contributed by atoms with Crippen LogP contribution in [0.25, 0.3) is 0 Å². The van der Waals surface area contributed by atoms with Crippen molar-refractivity contribution in [3.05, 3.63) is 59.4 Å². The molecule has 0 bridgehead atoms. The monoisotopic (exact) mass is 286 g/mol. The second kappa shape index (κ2) is 5.59. The van der Waals surface area contributed by atoms with E-state index in [2.05, 4.69) is 22.8 Å². The minimum absolute atomic E-state index is 0.282. The number of thiocarbonyl (C=S) groups is 1. The predicted molar refractivity (Wildman–Crippen MR) is 84.7 cm³/mol. The molecule has 0 fully saturated rings. The van der Waals surface area contributed by atoms with Gasteiger partial charge in [-0.25, -0.2) is 4.39 Å². The highest BCUT2D eigenvalue weighted by molar-refractivity contribution is 7.80. The Morgan fingerprint density at radius 1 is 0.950 bits per heavy atom. The molecule has 4 heteroatoms. The number of anilines is 2. The molecule has 0 heterocycles. The van der Waals surface area contributed by atoms with Crippen LogP contribution in [0.4, 0.5) is 15.8 Å². The van der Waals surface area contributed by atoms with Gasteiger partial charge in [-0.2, -0.15) is 0 Å². The standard InChI is InChI=1S/C16H15FN2S/c17-13-5-2-6-14(10-13)18-16(20)19-15-8-7-11-3-1-4-12(11)9-15/h2,5-10H,1,3-4H2,(H2,18,19,20). The van der Waals surface area contributed by atoms with Crippen LogP contribution in [0.3, 0.4) is 0 Å². The minimum Gasteiger partial charge on any atom is -0.332 e. The van der Waals surface area contributed by atoms with E-state index >= 15 is 0 Å². The number of hydrogen-bond acceptors (Lipinski definition) is 1. The fourth-order valence-corrected chi connectivity index (χ4v) is 2.74. The summed E-state index contributed by atoms with van der Waals surface area (Å²) in [5, 5.41) is 6.58. The van der Waals surface area contributed by atoms with Gasteiger partial charge in [0.05, 0.1) is 0 Å². The van der Waals surface area contributed by atoms with Crippen molar-refractivity contribution in [2.75, 3.05) is 10.6 Å². The summed E-state index contributed by atoms with van der Waals surface area (Å²) in [4.78, 5) is 0. The number of aryl methyl sites for hydroxylation is 2. The largest absolute Gasteiger partial charge is 0.332 e. The molecule has 1 aliphatic rings. The molecule has 2 aromatic rings. The van der Waals surface area contributed by atoms with Gasteiger partial charge in [-0.1, -0.05) is 12.1 Å². The summed E-state index contributed by atoms with van der Waals surface area (Å²) >= 11 is 5.24. The van der Waals surface area contributed by atoms with Crippen LogP contribution >= 0.6 is 12.2 Å². The van der Waals surface area contributed by atoms with Crippen molar-refractivity contribution in [2.45, 2.75) is 19.3 Å². The summed E-state index contributed by atoms with van der Waals surface area (Å²) < 4.78 is 13.1. The minimum atomic E-state index is -0.282. The smallest absolute Gasteiger partial charge is 0.175 e. The van der Waals surface area contributed by atoms with E-state index in [-0.39, 0.29) is 5.82 Å². The molecule has 2 nitrogen and oxygen atoms in total. The lowest BCUT2D eigenvalue weighted by molar-refractivity contribution is 0.628. The van der Waals surface area contributed by atoms with E-state index in [0.717, 1.165) is 12.1 Å². The molecular formula is C16H15FN2S. The second-order valence-corrected chi connectivity index (χ2v) is 5.33. The molecule has 3 rings (SSSR count). The number of benzene rings is 2. The highest BCUT2D eigenvalue weighted by atomic mass is 32.1. The summed E-state index contributed by atoms with van der Waals surface area (Å²) in [6.45, 7) is 0. The summed E-state index contributed by atoms with van der Waals surface area (Å²) in [7, 11) is 0. The Labute approximate surface area is 123 Å². The molecule has 1 aliphatic carbocycles. The summed E-state index contributed by atoms with van der Waals surface area (Å²) in [5.74, 6) is -0.282. The van der Waals surface area contributed by atoms with Crippen LogP contribution in [-0.4, -0.2) is 5.11 Å². The Morgan fingerprint density at radius 3 is 2.50 bits per heavy atom. The Morgan fingerprint density at radius 2 is 1.70 bits per heavy atom. The number of hydrogen-bond donors (Lipinski definition) is 2. The van der Waals surface area contributed by atoms with Crippen molar-refractivity contribution in [3.63, 3.8) is 0 Å². The first-order valence-corrected chi connectivity index (χ1v) is 7.07. The number of halogens is 1. The van der Waals surface area contributed by atoms with E-state index < -0.39 is 0 Å². The summed E-state index contributed by atoms with van der Waals surface area (Å²) in [6, 6.07) is 12.6. The highest BCUT2D eigenvalue weighted by Crippen LogP contribution is 2.25.